The van der Waals surface area contributed by atoms with E-state index in [1.165, 1.54) is 12.0 Å². The molecule has 7 rings (SSSR count). The molecule has 8 nitrogen and oxygen atoms in total. The number of nitriles is 1. The lowest BCUT2D eigenvalue weighted by molar-refractivity contribution is 0.192. The Hall–Kier alpha value is -2.77. The molecule has 0 saturated carbocycles. The first-order chi connectivity index (χ1) is 19.5. The number of phenolic OH excluding ortho intramolecular Hbond substituents is 1. The minimum Gasteiger partial charge on any atom is -0.508 e. The molecule has 3 aromatic rings. The molecule has 0 amide bonds. The molecule has 0 spiro atoms. The van der Waals surface area contributed by atoms with Gasteiger partial charge < -0.3 is 29.9 Å². The van der Waals surface area contributed by atoms with Crippen LogP contribution in [0.4, 0.5) is 11.5 Å². The second-order valence-electron chi connectivity index (χ2n) is 11.7. The van der Waals surface area contributed by atoms with Gasteiger partial charge in [-0.1, -0.05) is 28.1 Å². The Morgan fingerprint density at radius 2 is 1.95 bits per heavy atom. The van der Waals surface area contributed by atoms with E-state index in [9.17, 15) is 10.4 Å². The van der Waals surface area contributed by atoms with E-state index in [1.807, 2.05) is 24.3 Å². The number of rotatable bonds is 5. The summed E-state index contributed by atoms with van der Waals surface area (Å²) in [7, 11) is 2.14. The molecular weight excluding hydrogens is 604 g/mol. The standard InChI is InChI=1S/C31H35BrN6O2.ClH/c1-36-10-3-5-22(36)18-40-31-25(14-33)26-17-37(28-13-23(39)12-19-4-2-6-27(32)29(19)28)11-9-24(26)30(35-31)38-20-7-8-21(38)16-34-15-20;/h2,4,6,12-13,20-22,34,39H,3,5,7-11,15-18H2,1H3;1H/t20-,21+,22-;/m0./s1. The van der Waals surface area contributed by atoms with Gasteiger partial charge in [0.15, 0.2) is 0 Å². The van der Waals surface area contributed by atoms with Gasteiger partial charge in [-0.15, -0.1) is 12.4 Å². The first-order valence-electron chi connectivity index (χ1n) is 14.5. The lowest BCUT2D eigenvalue weighted by atomic mass is 9.94. The van der Waals surface area contributed by atoms with Crippen LogP contribution in [0.15, 0.2) is 34.8 Å². The number of likely N-dealkylation sites (N-methyl/N-ethyl adjacent to an activating group) is 1. The van der Waals surface area contributed by atoms with Crippen molar-refractivity contribution in [3.05, 3.63) is 51.5 Å². The zero-order chi connectivity index (χ0) is 27.4. The summed E-state index contributed by atoms with van der Waals surface area (Å²) in [5, 5.41) is 26.7. The van der Waals surface area contributed by atoms with E-state index in [0.717, 1.165) is 84.2 Å². The lowest BCUT2D eigenvalue weighted by Crippen LogP contribution is -2.53. The fourth-order valence-electron chi connectivity index (χ4n) is 7.31. The molecule has 216 valence electrons. The minimum atomic E-state index is 0. The number of phenols is 1. The van der Waals surface area contributed by atoms with Gasteiger partial charge in [-0.05, 0) is 63.2 Å². The average Bonchev–Trinajstić information content (AvgIpc) is 3.47. The van der Waals surface area contributed by atoms with Gasteiger partial charge in [-0.25, -0.2) is 0 Å². The molecule has 41 heavy (non-hydrogen) atoms. The highest BCUT2D eigenvalue weighted by molar-refractivity contribution is 9.10. The molecule has 3 fully saturated rings. The van der Waals surface area contributed by atoms with Crippen LogP contribution < -0.4 is 19.9 Å². The van der Waals surface area contributed by atoms with Crippen molar-refractivity contribution < 1.29 is 9.84 Å². The van der Waals surface area contributed by atoms with E-state index in [0.29, 0.717) is 42.7 Å². The normalized spacial score (nSPS) is 23.8. The number of likely N-dealkylation sites (tertiary alicyclic amines) is 1. The highest BCUT2D eigenvalue weighted by Gasteiger charge is 2.40. The topological polar surface area (TPSA) is 87.9 Å². The van der Waals surface area contributed by atoms with Crippen LogP contribution in [-0.2, 0) is 13.0 Å². The number of ether oxygens (including phenoxy) is 1. The van der Waals surface area contributed by atoms with Gasteiger partial charge in [-0.2, -0.15) is 10.2 Å². The predicted octanol–water partition coefficient (Wildman–Crippen LogP) is 4.97. The van der Waals surface area contributed by atoms with Crippen molar-refractivity contribution in [2.24, 2.45) is 0 Å². The third-order valence-corrected chi connectivity index (χ3v) is 10.0. The molecule has 0 radical (unpaired) electrons. The second kappa shape index (κ2) is 11.5. The number of nitrogens with zero attached hydrogens (tertiary/aromatic N) is 5. The summed E-state index contributed by atoms with van der Waals surface area (Å²) in [5.74, 6) is 1.72. The van der Waals surface area contributed by atoms with Crippen molar-refractivity contribution in [3.63, 3.8) is 0 Å². The van der Waals surface area contributed by atoms with Crippen LogP contribution in [0.25, 0.3) is 10.8 Å². The molecule has 0 aliphatic carbocycles. The number of halogens is 2. The monoisotopic (exact) mass is 638 g/mol. The molecule has 10 heteroatoms. The Morgan fingerprint density at radius 3 is 2.68 bits per heavy atom. The fourth-order valence-corrected chi connectivity index (χ4v) is 7.90. The smallest absolute Gasteiger partial charge is 0.234 e. The fraction of sp³-hybridized carbons (Fsp3) is 0.484. The van der Waals surface area contributed by atoms with Crippen LogP contribution in [0, 0.1) is 11.3 Å². The Bertz CT molecular complexity index is 1500. The predicted molar refractivity (Wildman–Crippen MR) is 168 cm³/mol. The zero-order valence-electron chi connectivity index (χ0n) is 23.3. The van der Waals surface area contributed by atoms with Crippen molar-refractivity contribution in [2.75, 3.05) is 49.6 Å². The summed E-state index contributed by atoms with van der Waals surface area (Å²) in [6.07, 6.45) is 5.37. The van der Waals surface area contributed by atoms with Gasteiger partial charge >= 0.3 is 0 Å². The van der Waals surface area contributed by atoms with E-state index in [1.54, 1.807) is 6.07 Å². The van der Waals surface area contributed by atoms with Crippen LogP contribution in [-0.4, -0.2) is 72.9 Å². The first kappa shape index (κ1) is 28.4. The van der Waals surface area contributed by atoms with Gasteiger partial charge in [0.2, 0.25) is 5.88 Å². The van der Waals surface area contributed by atoms with Gasteiger partial charge in [0.05, 0.1) is 0 Å². The molecule has 2 N–H and O–H groups in total. The molecule has 5 heterocycles. The van der Waals surface area contributed by atoms with Crippen molar-refractivity contribution in [1.29, 1.82) is 5.26 Å². The van der Waals surface area contributed by atoms with Crippen molar-refractivity contribution in [2.45, 2.75) is 56.8 Å². The summed E-state index contributed by atoms with van der Waals surface area (Å²) < 4.78 is 7.43. The van der Waals surface area contributed by atoms with Crippen molar-refractivity contribution in [1.82, 2.24) is 15.2 Å². The number of piperazine rings is 1. The molecule has 0 unspecified atom stereocenters. The molecule has 4 aliphatic rings. The van der Waals surface area contributed by atoms with Gasteiger partial charge in [0, 0.05) is 77.0 Å². The number of fused-ring (bicyclic) bond motifs is 4. The van der Waals surface area contributed by atoms with E-state index in [-0.39, 0.29) is 18.2 Å². The summed E-state index contributed by atoms with van der Waals surface area (Å²) in [4.78, 5) is 12.3. The first-order valence-corrected chi connectivity index (χ1v) is 15.2. The minimum absolute atomic E-state index is 0. The zero-order valence-corrected chi connectivity index (χ0v) is 25.7. The number of pyridine rings is 1. The van der Waals surface area contributed by atoms with Crippen LogP contribution in [0.2, 0.25) is 0 Å². The second-order valence-corrected chi connectivity index (χ2v) is 12.6. The van der Waals surface area contributed by atoms with E-state index in [4.69, 9.17) is 9.72 Å². The highest BCUT2D eigenvalue weighted by Crippen LogP contribution is 2.43. The summed E-state index contributed by atoms with van der Waals surface area (Å²) >= 11 is 3.74. The number of benzene rings is 2. The van der Waals surface area contributed by atoms with Crippen LogP contribution in [0.1, 0.15) is 42.4 Å². The largest absolute Gasteiger partial charge is 0.508 e. The third kappa shape index (κ3) is 4.99. The number of anilines is 2. The van der Waals surface area contributed by atoms with Crippen LogP contribution >= 0.6 is 28.3 Å². The van der Waals surface area contributed by atoms with Gasteiger partial charge in [-0.3, -0.25) is 0 Å². The maximum absolute atomic E-state index is 10.6. The lowest BCUT2D eigenvalue weighted by Gasteiger charge is -2.40. The van der Waals surface area contributed by atoms with Crippen LogP contribution in [0.3, 0.4) is 0 Å². The van der Waals surface area contributed by atoms with E-state index < -0.39 is 0 Å². The summed E-state index contributed by atoms with van der Waals surface area (Å²) in [5.41, 5.74) is 3.71. The Balaban J connectivity index is 0.00000302. The quantitative estimate of drug-likeness (QED) is 0.405. The third-order valence-electron chi connectivity index (χ3n) is 9.39. The summed E-state index contributed by atoms with van der Waals surface area (Å²) in [6, 6.07) is 13.4. The molecule has 2 bridgehead atoms. The number of aromatic nitrogens is 1. The highest BCUT2D eigenvalue weighted by atomic mass is 79.9. The van der Waals surface area contributed by atoms with E-state index in [2.05, 4.69) is 49.1 Å². The van der Waals surface area contributed by atoms with Gasteiger partial charge in [0.25, 0.3) is 0 Å². The molecule has 3 atom stereocenters. The van der Waals surface area contributed by atoms with Crippen LogP contribution in [0.5, 0.6) is 11.6 Å². The molecule has 4 aliphatic heterocycles. The van der Waals surface area contributed by atoms with Crippen molar-refractivity contribution in [3.8, 4) is 17.7 Å². The number of hydrogen-bond donors (Lipinski definition) is 2. The molecule has 1 aromatic heterocycles. The molecule has 2 aromatic carbocycles. The Labute approximate surface area is 255 Å². The van der Waals surface area contributed by atoms with E-state index >= 15 is 0 Å². The maximum Gasteiger partial charge on any atom is 0.234 e. The maximum atomic E-state index is 10.6. The Kier molecular flexibility index (Phi) is 7.94. The van der Waals surface area contributed by atoms with Crippen molar-refractivity contribution >= 4 is 50.6 Å². The Morgan fingerprint density at radius 1 is 1.15 bits per heavy atom. The average molecular weight is 640 g/mol. The number of nitrogens with one attached hydrogen (secondary N) is 1. The number of aromatic hydroxyl groups is 1. The molecule has 3 saturated heterocycles. The summed E-state index contributed by atoms with van der Waals surface area (Å²) in [6.45, 7) is 4.89. The van der Waals surface area contributed by atoms with Gasteiger partial charge in [0.1, 0.15) is 29.8 Å². The number of hydrogen-bond acceptors (Lipinski definition) is 8. The molecular formula is C31H36BrClN6O2. The SMILES string of the molecule is CN1CCC[C@H]1COc1nc(N2[C@@H]3CC[C@H]2CNC3)c2c(c1C#N)CN(c1cc(O)cc3cccc(Br)c13)CC2.Cl.